The molecule has 6 nitrogen and oxygen atoms in total. The van der Waals surface area contributed by atoms with E-state index in [-0.39, 0.29) is 16.8 Å². The van der Waals surface area contributed by atoms with E-state index in [2.05, 4.69) is 9.82 Å². The summed E-state index contributed by atoms with van der Waals surface area (Å²) in [5, 5.41) is 3.82. The Morgan fingerprint density at radius 2 is 2.29 bits per heavy atom. The van der Waals surface area contributed by atoms with Crippen LogP contribution in [0.25, 0.3) is 0 Å². The highest BCUT2D eigenvalue weighted by molar-refractivity contribution is 7.99. The van der Waals surface area contributed by atoms with Crippen LogP contribution in [0, 0.1) is 0 Å². The summed E-state index contributed by atoms with van der Waals surface area (Å²) in [6, 6.07) is -0.135. The third kappa shape index (κ3) is 3.90. The lowest BCUT2D eigenvalue weighted by molar-refractivity contribution is 0.571. The first-order chi connectivity index (χ1) is 7.86. The molecule has 3 N–H and O–H groups in total. The van der Waals surface area contributed by atoms with Gasteiger partial charge in [-0.15, -0.1) is 0 Å². The van der Waals surface area contributed by atoms with Gasteiger partial charge in [-0.2, -0.15) is 16.9 Å². The van der Waals surface area contributed by atoms with E-state index < -0.39 is 10.0 Å². The SMILES string of the molecule is CCSCC(C)NS(=O)(=O)c1cn(C)nc1N. The standard InChI is InChI=1S/C9H18N4O2S2/c1-4-16-6-7(2)12-17(14,15)8-5-13(3)11-9(8)10/h5,7,12H,4,6H2,1-3H3,(H2,10,11). The molecule has 0 saturated carbocycles. The van der Waals surface area contributed by atoms with Gasteiger partial charge >= 0.3 is 0 Å². The summed E-state index contributed by atoms with van der Waals surface area (Å²) < 4.78 is 27.9. The zero-order valence-electron chi connectivity index (χ0n) is 10.2. The van der Waals surface area contributed by atoms with Gasteiger partial charge in [-0.1, -0.05) is 6.92 Å². The lowest BCUT2D eigenvalue weighted by Gasteiger charge is -2.12. The van der Waals surface area contributed by atoms with Crippen LogP contribution in [0.5, 0.6) is 0 Å². The maximum atomic E-state index is 12.0. The summed E-state index contributed by atoms with van der Waals surface area (Å²) in [6.07, 6.45) is 1.40. The Bertz CT molecular complexity index is 469. The summed E-state index contributed by atoms with van der Waals surface area (Å²) >= 11 is 1.68. The molecule has 1 aromatic heterocycles. The number of anilines is 1. The van der Waals surface area contributed by atoms with Crippen molar-refractivity contribution < 1.29 is 8.42 Å². The summed E-state index contributed by atoms with van der Waals surface area (Å²) in [7, 11) is -1.94. The molecule has 1 heterocycles. The maximum absolute atomic E-state index is 12.0. The molecule has 0 aliphatic rings. The summed E-state index contributed by atoms with van der Waals surface area (Å²) in [5.74, 6) is 1.71. The van der Waals surface area contributed by atoms with Crippen molar-refractivity contribution >= 4 is 27.6 Å². The second kappa shape index (κ2) is 5.74. The van der Waals surface area contributed by atoms with Crippen LogP contribution in [0.1, 0.15) is 13.8 Å². The number of sulfonamides is 1. The van der Waals surface area contributed by atoms with Gasteiger partial charge in [0.15, 0.2) is 5.82 Å². The van der Waals surface area contributed by atoms with E-state index in [1.807, 2.05) is 13.8 Å². The minimum atomic E-state index is -3.57. The number of nitrogen functional groups attached to an aromatic ring is 1. The van der Waals surface area contributed by atoms with Crippen LogP contribution in [0.15, 0.2) is 11.1 Å². The molecule has 0 aliphatic heterocycles. The van der Waals surface area contributed by atoms with Crippen LogP contribution >= 0.6 is 11.8 Å². The van der Waals surface area contributed by atoms with Crippen molar-refractivity contribution in [3.8, 4) is 0 Å². The van der Waals surface area contributed by atoms with E-state index >= 15 is 0 Å². The minimum Gasteiger partial charge on any atom is -0.381 e. The number of aryl methyl sites for hydroxylation is 1. The first-order valence-electron chi connectivity index (χ1n) is 5.26. The first-order valence-corrected chi connectivity index (χ1v) is 7.89. The monoisotopic (exact) mass is 278 g/mol. The van der Waals surface area contributed by atoms with Crippen molar-refractivity contribution in [3.05, 3.63) is 6.20 Å². The number of hydrogen-bond acceptors (Lipinski definition) is 5. The van der Waals surface area contributed by atoms with Crippen LogP contribution in [0.2, 0.25) is 0 Å². The van der Waals surface area contributed by atoms with Crippen molar-refractivity contribution in [2.75, 3.05) is 17.2 Å². The van der Waals surface area contributed by atoms with Crippen LogP contribution in [-0.4, -0.2) is 35.7 Å². The average molecular weight is 278 g/mol. The molecule has 1 aromatic rings. The average Bonchev–Trinajstić information content (AvgIpc) is 2.55. The lowest BCUT2D eigenvalue weighted by atomic mass is 10.4. The van der Waals surface area contributed by atoms with E-state index in [0.717, 1.165) is 11.5 Å². The predicted octanol–water partition coefficient (Wildman–Crippen LogP) is 0.422. The van der Waals surface area contributed by atoms with Crippen molar-refractivity contribution in [3.63, 3.8) is 0 Å². The molecule has 0 spiro atoms. The minimum absolute atomic E-state index is 0.0235. The number of nitrogens with two attached hydrogens (primary N) is 1. The second-order valence-corrected chi connectivity index (χ2v) is 6.74. The van der Waals surface area contributed by atoms with Gasteiger partial charge in [-0.25, -0.2) is 13.1 Å². The van der Waals surface area contributed by atoms with E-state index in [0.29, 0.717) is 0 Å². The van der Waals surface area contributed by atoms with Gasteiger partial charge in [0, 0.05) is 25.0 Å². The van der Waals surface area contributed by atoms with E-state index in [9.17, 15) is 8.42 Å². The van der Waals surface area contributed by atoms with E-state index in [4.69, 9.17) is 5.73 Å². The molecular weight excluding hydrogens is 260 g/mol. The number of nitrogens with zero attached hydrogens (tertiary/aromatic N) is 2. The molecule has 0 fully saturated rings. The largest absolute Gasteiger partial charge is 0.381 e. The fourth-order valence-corrected chi connectivity index (χ4v) is 3.47. The summed E-state index contributed by atoms with van der Waals surface area (Å²) in [4.78, 5) is 0.0355. The molecule has 0 radical (unpaired) electrons. The van der Waals surface area contributed by atoms with Gasteiger partial charge in [0.05, 0.1) is 0 Å². The molecule has 1 atom stereocenters. The third-order valence-corrected chi connectivity index (χ3v) is 4.79. The molecule has 0 saturated heterocycles. The second-order valence-electron chi connectivity index (χ2n) is 3.73. The molecule has 17 heavy (non-hydrogen) atoms. The zero-order chi connectivity index (χ0) is 13.1. The number of hydrogen-bond donors (Lipinski definition) is 2. The highest BCUT2D eigenvalue weighted by Gasteiger charge is 2.22. The number of aromatic nitrogens is 2. The Morgan fingerprint density at radius 3 is 2.76 bits per heavy atom. The topological polar surface area (TPSA) is 90.0 Å². The smallest absolute Gasteiger partial charge is 0.246 e. The molecule has 0 amide bonds. The molecular formula is C9H18N4O2S2. The Labute approximate surface area is 106 Å². The molecule has 0 aliphatic carbocycles. The zero-order valence-corrected chi connectivity index (χ0v) is 11.8. The number of thioether (sulfide) groups is 1. The van der Waals surface area contributed by atoms with E-state index in [1.165, 1.54) is 10.9 Å². The fraction of sp³-hybridized carbons (Fsp3) is 0.667. The Hall–Kier alpha value is -0.730. The van der Waals surface area contributed by atoms with Crippen molar-refractivity contribution in [1.29, 1.82) is 0 Å². The molecule has 0 aromatic carbocycles. The van der Waals surface area contributed by atoms with Crippen LogP contribution in [0.3, 0.4) is 0 Å². The van der Waals surface area contributed by atoms with Gasteiger partial charge < -0.3 is 5.73 Å². The van der Waals surface area contributed by atoms with Gasteiger partial charge in [-0.05, 0) is 12.7 Å². The molecule has 1 unspecified atom stereocenters. The van der Waals surface area contributed by atoms with E-state index in [1.54, 1.807) is 18.8 Å². The Kier molecular flexibility index (Phi) is 4.84. The summed E-state index contributed by atoms with van der Waals surface area (Å²) in [6.45, 7) is 3.86. The number of nitrogens with one attached hydrogen (secondary N) is 1. The van der Waals surface area contributed by atoms with Crippen molar-refractivity contribution in [1.82, 2.24) is 14.5 Å². The van der Waals surface area contributed by atoms with Crippen molar-refractivity contribution in [2.24, 2.45) is 7.05 Å². The predicted molar refractivity (Wildman–Crippen MR) is 70.4 cm³/mol. The molecule has 1 rings (SSSR count). The molecule has 98 valence electrons. The van der Waals surface area contributed by atoms with Crippen LogP contribution in [0.4, 0.5) is 5.82 Å². The normalized spacial score (nSPS) is 13.8. The Morgan fingerprint density at radius 1 is 1.65 bits per heavy atom. The van der Waals surface area contributed by atoms with Gasteiger partial charge in [-0.3, -0.25) is 4.68 Å². The highest BCUT2D eigenvalue weighted by Crippen LogP contribution is 2.16. The van der Waals surface area contributed by atoms with Gasteiger partial charge in [0.1, 0.15) is 4.90 Å². The lowest BCUT2D eigenvalue weighted by Crippen LogP contribution is -2.34. The van der Waals surface area contributed by atoms with Gasteiger partial charge in [0.2, 0.25) is 10.0 Å². The van der Waals surface area contributed by atoms with Crippen molar-refractivity contribution in [2.45, 2.75) is 24.8 Å². The molecule has 8 heteroatoms. The van der Waals surface area contributed by atoms with Gasteiger partial charge in [0.25, 0.3) is 0 Å². The molecule has 0 bridgehead atoms. The number of rotatable bonds is 6. The van der Waals surface area contributed by atoms with Crippen LogP contribution < -0.4 is 10.5 Å². The Balaban J connectivity index is 2.79. The third-order valence-electron chi connectivity index (χ3n) is 2.04. The van der Waals surface area contributed by atoms with Crippen LogP contribution in [-0.2, 0) is 17.1 Å². The maximum Gasteiger partial charge on any atom is 0.246 e. The first kappa shape index (κ1) is 14.3. The quantitative estimate of drug-likeness (QED) is 0.787. The summed E-state index contributed by atoms with van der Waals surface area (Å²) in [5.41, 5.74) is 5.55. The fourth-order valence-electron chi connectivity index (χ4n) is 1.35. The highest BCUT2D eigenvalue weighted by atomic mass is 32.2.